The fourth-order valence-corrected chi connectivity index (χ4v) is 4.45. The molecular formula is C21H15N5O2S. The first kappa shape index (κ1) is 17.3. The summed E-state index contributed by atoms with van der Waals surface area (Å²) < 4.78 is 7.76. The summed E-state index contributed by atoms with van der Waals surface area (Å²) in [5.74, 6) is -0.250. The van der Waals surface area contributed by atoms with E-state index < -0.39 is 5.41 Å². The minimum Gasteiger partial charge on any atom is -0.422 e. The number of hydrogen-bond acceptors (Lipinski definition) is 5. The Kier molecular flexibility index (Phi) is 3.48. The van der Waals surface area contributed by atoms with Gasteiger partial charge in [0, 0.05) is 16.9 Å². The highest BCUT2D eigenvalue weighted by molar-refractivity contribution is 7.71. The van der Waals surface area contributed by atoms with Crippen molar-refractivity contribution in [2.45, 2.75) is 12.3 Å². The Balaban J connectivity index is 1.95. The molecule has 0 radical (unpaired) electrons. The molecule has 0 bridgehead atoms. The molecule has 1 atom stereocenters. The number of nitrogens with two attached hydrogens (primary N) is 1. The van der Waals surface area contributed by atoms with E-state index in [2.05, 4.69) is 16.4 Å². The lowest BCUT2D eigenvalue weighted by atomic mass is 9.71. The molecule has 5 rings (SSSR count). The smallest absolute Gasteiger partial charge is 0.246 e. The number of hydrogen-bond donors (Lipinski definition) is 3. The second kappa shape index (κ2) is 5.83. The minimum absolute atomic E-state index is 0.0313. The number of nitrogens with zero attached hydrogens (tertiary/aromatic N) is 2. The molecule has 2 aliphatic rings. The summed E-state index contributed by atoms with van der Waals surface area (Å²) >= 11 is 5.55. The Bertz CT molecular complexity index is 1330. The average molecular weight is 401 g/mol. The van der Waals surface area contributed by atoms with Crippen LogP contribution < -0.4 is 15.8 Å². The number of nitrogens with one attached hydrogen (secondary N) is 2. The van der Waals surface area contributed by atoms with Crippen molar-refractivity contribution in [3.05, 3.63) is 81.6 Å². The van der Waals surface area contributed by atoms with Crippen LogP contribution in [-0.2, 0) is 10.2 Å². The molecule has 8 heteroatoms. The molecule has 4 N–H and O–H groups in total. The quantitative estimate of drug-likeness (QED) is 0.543. The summed E-state index contributed by atoms with van der Waals surface area (Å²) in [5, 5.41) is 12.9. The van der Waals surface area contributed by atoms with E-state index >= 15 is 0 Å². The second-order valence-corrected chi connectivity index (χ2v) is 7.37. The van der Waals surface area contributed by atoms with Gasteiger partial charge in [0.25, 0.3) is 0 Å². The highest BCUT2D eigenvalue weighted by atomic mass is 32.1. The van der Waals surface area contributed by atoms with Crippen LogP contribution >= 0.6 is 12.2 Å². The van der Waals surface area contributed by atoms with Crippen LogP contribution in [0.1, 0.15) is 16.8 Å². The van der Waals surface area contributed by atoms with Crippen molar-refractivity contribution in [3.8, 4) is 17.6 Å². The van der Waals surface area contributed by atoms with Crippen molar-refractivity contribution in [3.63, 3.8) is 0 Å². The van der Waals surface area contributed by atoms with Crippen LogP contribution in [0, 0.1) is 23.0 Å². The zero-order valence-corrected chi connectivity index (χ0v) is 16.1. The van der Waals surface area contributed by atoms with Gasteiger partial charge in [0.1, 0.15) is 17.3 Å². The molecule has 3 heterocycles. The SMILES string of the molecule is Cc1ccc2c(c1)NC(=O)[C@]21C(C#N)=C(N)Oc2[nH]c(=S)n(-c3ccccc3)c21. The first-order chi connectivity index (χ1) is 14.0. The van der Waals surface area contributed by atoms with Gasteiger partial charge < -0.3 is 20.8 Å². The van der Waals surface area contributed by atoms with Gasteiger partial charge in [-0.3, -0.25) is 9.36 Å². The third kappa shape index (κ3) is 2.10. The van der Waals surface area contributed by atoms with Crippen molar-refractivity contribution in [1.29, 1.82) is 5.26 Å². The standard InChI is InChI=1S/C21H15N5O2S/c1-11-7-8-13-15(9-11)24-19(27)21(13)14(10-22)17(23)28-18-16(21)26(20(29)25-18)12-5-3-2-4-6-12/h2-9H,23H2,1H3,(H,24,27)(H,25,29)/t21-/m0/s1. The summed E-state index contributed by atoms with van der Waals surface area (Å²) in [5.41, 5.74) is 8.08. The molecule has 2 aliphatic heterocycles. The number of ether oxygens (including phenoxy) is 1. The first-order valence-corrected chi connectivity index (χ1v) is 9.31. The number of imidazole rings is 1. The highest BCUT2D eigenvalue weighted by Gasteiger charge is 2.59. The number of carbonyl (C=O) groups excluding carboxylic acids is 1. The molecule has 29 heavy (non-hydrogen) atoms. The highest BCUT2D eigenvalue weighted by Crippen LogP contribution is 2.53. The summed E-state index contributed by atoms with van der Waals surface area (Å²) in [7, 11) is 0. The zero-order chi connectivity index (χ0) is 20.3. The van der Waals surface area contributed by atoms with Crippen LogP contribution in [0.3, 0.4) is 0 Å². The Labute approximate surface area is 171 Å². The molecule has 3 aromatic rings. The van der Waals surface area contributed by atoms with Gasteiger partial charge in [0.15, 0.2) is 10.2 Å². The molecule has 7 nitrogen and oxygen atoms in total. The van der Waals surface area contributed by atoms with Crippen molar-refractivity contribution < 1.29 is 9.53 Å². The number of H-pyrrole nitrogens is 1. The predicted molar refractivity (Wildman–Crippen MR) is 109 cm³/mol. The van der Waals surface area contributed by atoms with E-state index in [1.165, 1.54) is 0 Å². The van der Waals surface area contributed by atoms with Crippen LogP contribution in [0.25, 0.3) is 5.69 Å². The van der Waals surface area contributed by atoms with Gasteiger partial charge in [-0.1, -0.05) is 30.3 Å². The third-order valence-electron chi connectivity index (χ3n) is 5.34. The van der Waals surface area contributed by atoms with E-state index in [1.54, 1.807) is 4.57 Å². The van der Waals surface area contributed by atoms with Gasteiger partial charge in [-0.15, -0.1) is 0 Å². The lowest BCUT2D eigenvalue weighted by Crippen LogP contribution is -2.43. The maximum absolute atomic E-state index is 13.5. The number of anilines is 1. The van der Waals surface area contributed by atoms with Gasteiger partial charge in [0.2, 0.25) is 17.7 Å². The van der Waals surface area contributed by atoms with E-state index in [9.17, 15) is 10.1 Å². The molecular weight excluding hydrogens is 386 g/mol. The van der Waals surface area contributed by atoms with Crippen molar-refractivity contribution in [1.82, 2.24) is 9.55 Å². The monoisotopic (exact) mass is 401 g/mol. The molecule has 0 fully saturated rings. The molecule has 0 unspecified atom stereocenters. The minimum atomic E-state index is -1.47. The third-order valence-corrected chi connectivity index (χ3v) is 5.63. The molecule has 142 valence electrons. The number of nitriles is 1. The molecule has 1 aromatic heterocycles. The number of rotatable bonds is 1. The summed E-state index contributed by atoms with van der Waals surface area (Å²) in [6.07, 6.45) is 0. The fourth-order valence-electron chi connectivity index (χ4n) is 4.16. The maximum atomic E-state index is 13.5. The van der Waals surface area contributed by atoms with Crippen LogP contribution in [0.5, 0.6) is 5.88 Å². The Morgan fingerprint density at radius 2 is 2.00 bits per heavy atom. The summed E-state index contributed by atoms with van der Waals surface area (Å²) in [4.78, 5) is 16.5. The van der Waals surface area contributed by atoms with Gasteiger partial charge >= 0.3 is 0 Å². The lowest BCUT2D eigenvalue weighted by molar-refractivity contribution is -0.118. The molecule has 0 saturated carbocycles. The first-order valence-electron chi connectivity index (χ1n) is 8.90. The Hall–Kier alpha value is -3.83. The lowest BCUT2D eigenvalue weighted by Gasteiger charge is -2.32. The van der Waals surface area contributed by atoms with E-state index in [1.807, 2.05) is 55.5 Å². The number of benzene rings is 2. The number of carbonyl (C=O) groups is 1. The number of amides is 1. The Morgan fingerprint density at radius 1 is 1.24 bits per heavy atom. The van der Waals surface area contributed by atoms with Crippen LogP contribution in [-0.4, -0.2) is 15.5 Å². The topological polar surface area (TPSA) is 109 Å². The van der Waals surface area contributed by atoms with Crippen LogP contribution in [0.15, 0.2) is 60.0 Å². The van der Waals surface area contributed by atoms with Gasteiger partial charge in [0.05, 0.1) is 0 Å². The Morgan fingerprint density at radius 3 is 2.72 bits per heavy atom. The predicted octanol–water partition coefficient (Wildman–Crippen LogP) is 3.17. The largest absolute Gasteiger partial charge is 0.422 e. The number of aryl methyl sites for hydroxylation is 1. The zero-order valence-electron chi connectivity index (χ0n) is 15.3. The average Bonchev–Trinajstić information content (AvgIpc) is 3.16. The van der Waals surface area contributed by atoms with Gasteiger partial charge in [-0.05, 0) is 42.9 Å². The van der Waals surface area contributed by atoms with E-state index in [0.29, 0.717) is 21.7 Å². The number of aromatic nitrogens is 2. The normalized spacial score (nSPS) is 19.4. The van der Waals surface area contributed by atoms with E-state index in [4.69, 9.17) is 22.7 Å². The maximum Gasteiger partial charge on any atom is 0.246 e. The molecule has 1 spiro atoms. The van der Waals surface area contributed by atoms with Crippen molar-refractivity contribution in [2.75, 3.05) is 5.32 Å². The summed E-state index contributed by atoms with van der Waals surface area (Å²) in [6, 6.07) is 17.1. The number of aromatic amines is 1. The summed E-state index contributed by atoms with van der Waals surface area (Å²) in [6.45, 7) is 1.93. The van der Waals surface area contributed by atoms with E-state index in [0.717, 1.165) is 11.3 Å². The molecule has 0 saturated heterocycles. The van der Waals surface area contributed by atoms with Crippen LogP contribution in [0.4, 0.5) is 5.69 Å². The van der Waals surface area contributed by atoms with Gasteiger partial charge in [-0.25, -0.2) is 0 Å². The molecule has 0 aliphatic carbocycles. The van der Waals surface area contributed by atoms with E-state index in [-0.39, 0.29) is 23.2 Å². The number of para-hydroxylation sites is 1. The molecule has 2 aromatic carbocycles. The van der Waals surface area contributed by atoms with Crippen LogP contribution in [0.2, 0.25) is 0 Å². The second-order valence-electron chi connectivity index (χ2n) is 6.99. The van der Waals surface area contributed by atoms with Crippen molar-refractivity contribution >= 4 is 23.8 Å². The molecule has 1 amide bonds. The fraction of sp³-hybridized carbons (Fsp3) is 0.0952. The van der Waals surface area contributed by atoms with Gasteiger partial charge in [-0.2, -0.15) is 5.26 Å². The van der Waals surface area contributed by atoms with Crippen molar-refractivity contribution in [2.24, 2.45) is 5.73 Å². The number of fused-ring (bicyclic) bond motifs is 4.